The van der Waals surface area contributed by atoms with Crippen LogP contribution in [0.25, 0.3) is 4.85 Å². The number of β-amino-alcohol motifs (C(OH)–C–C–N with tert-alkyl or cyclic N) is 1. The van der Waals surface area contributed by atoms with Crippen molar-refractivity contribution < 1.29 is 9.90 Å². The molecule has 3 rings (SSSR count). The fraction of sp³-hybridized carbons (Fsp3) is 0.333. The second kappa shape index (κ2) is 8.95. The zero-order chi connectivity index (χ0) is 21.0. The van der Waals surface area contributed by atoms with E-state index in [1.807, 2.05) is 30.0 Å². The van der Waals surface area contributed by atoms with Gasteiger partial charge in [0.1, 0.15) is 22.2 Å². The number of hydrogen-bond donors (Lipinski definition) is 2. The van der Waals surface area contributed by atoms with Crippen LogP contribution in [-0.4, -0.2) is 35.2 Å². The van der Waals surface area contributed by atoms with Gasteiger partial charge in [-0.3, -0.25) is 4.79 Å². The molecule has 1 amide bonds. The number of thioether (sulfide) groups is 1. The van der Waals surface area contributed by atoms with Gasteiger partial charge in [-0.25, -0.2) is 9.83 Å². The zero-order valence-electron chi connectivity index (χ0n) is 16.0. The number of benzene rings is 1. The number of hydrogen-bond acceptors (Lipinski definition) is 6. The van der Waals surface area contributed by atoms with Crippen molar-refractivity contribution in [3.63, 3.8) is 0 Å². The van der Waals surface area contributed by atoms with E-state index in [-0.39, 0.29) is 0 Å². The zero-order valence-corrected chi connectivity index (χ0v) is 16.8. The molecule has 7 nitrogen and oxygen atoms in total. The molecule has 1 unspecified atom stereocenters. The van der Waals surface area contributed by atoms with E-state index in [2.05, 4.69) is 15.9 Å². The summed E-state index contributed by atoms with van der Waals surface area (Å²) in [7, 11) is 0. The number of primary amides is 1. The molecule has 0 radical (unpaired) electrons. The summed E-state index contributed by atoms with van der Waals surface area (Å²) in [5, 5.41) is 19.4. The molecule has 3 N–H and O–H groups in total. The lowest BCUT2D eigenvalue weighted by Gasteiger charge is -2.23. The van der Waals surface area contributed by atoms with Crippen LogP contribution < -0.4 is 10.6 Å². The number of carbonyl (C=O) groups is 1. The fourth-order valence-corrected chi connectivity index (χ4v) is 4.49. The number of nitrogens with two attached hydrogens (primary N) is 1. The summed E-state index contributed by atoms with van der Waals surface area (Å²) in [4.78, 5) is 22.3. The van der Waals surface area contributed by atoms with Crippen molar-refractivity contribution in [1.82, 2.24) is 4.98 Å². The molecule has 29 heavy (non-hydrogen) atoms. The number of carbonyl (C=O) groups excluding carboxylic acids is 1. The van der Waals surface area contributed by atoms with Gasteiger partial charge in [0.2, 0.25) is 11.6 Å². The number of anilines is 1. The molecule has 2 aromatic rings. The van der Waals surface area contributed by atoms with E-state index in [0.29, 0.717) is 53.6 Å². The number of rotatable bonds is 6. The van der Waals surface area contributed by atoms with E-state index in [9.17, 15) is 15.2 Å². The topological polar surface area (TPSA) is 108 Å². The first kappa shape index (κ1) is 20.7. The lowest BCUT2D eigenvalue weighted by Crippen LogP contribution is -2.23. The Hall–Kier alpha value is -3.07. The van der Waals surface area contributed by atoms with Gasteiger partial charge in [0.05, 0.1) is 18.2 Å². The van der Waals surface area contributed by atoms with E-state index in [1.54, 1.807) is 12.1 Å². The number of aliphatic hydroxyl groups is 1. The van der Waals surface area contributed by atoms with Gasteiger partial charge < -0.3 is 15.7 Å². The van der Waals surface area contributed by atoms with Crippen LogP contribution in [0, 0.1) is 17.9 Å². The molecule has 2 heterocycles. The monoisotopic (exact) mass is 407 g/mol. The molecule has 8 heteroatoms. The Morgan fingerprint density at radius 2 is 2.24 bits per heavy atom. The molecular formula is C21H21N5O2S. The Morgan fingerprint density at radius 3 is 2.76 bits per heavy atom. The molecule has 1 aromatic heterocycles. The van der Waals surface area contributed by atoms with Crippen LogP contribution in [0.4, 0.5) is 11.5 Å². The predicted molar refractivity (Wildman–Crippen MR) is 112 cm³/mol. The summed E-state index contributed by atoms with van der Waals surface area (Å²) in [6, 6.07) is 11.3. The van der Waals surface area contributed by atoms with E-state index >= 15 is 0 Å². The van der Waals surface area contributed by atoms with Gasteiger partial charge in [-0.05, 0) is 24.0 Å². The molecule has 0 bridgehead atoms. The molecule has 1 saturated heterocycles. The molecule has 0 spiro atoms. The maximum Gasteiger partial charge on any atom is 0.235 e. The summed E-state index contributed by atoms with van der Waals surface area (Å²) in [5.74, 6) is -0.0801. The van der Waals surface area contributed by atoms with E-state index in [0.717, 1.165) is 17.3 Å². The standard InChI is InChI=1S/C21H21N5O2S/c1-3-15-16(11-22)21(29-18(19(23)28)13-7-5-4-6-8-13)25-20(17(15)24-2)26-10-9-14(27)12-26/h4-8,14,18,27H,3,9-10,12H2,1H3,(H2,23,28)/t14-,18?/m1/s1. The van der Waals surface area contributed by atoms with Gasteiger partial charge in [-0.15, -0.1) is 0 Å². The van der Waals surface area contributed by atoms with Crippen molar-refractivity contribution in [3.8, 4) is 6.07 Å². The second-order valence-electron chi connectivity index (χ2n) is 6.72. The maximum absolute atomic E-state index is 12.2. The maximum atomic E-state index is 12.2. The summed E-state index contributed by atoms with van der Waals surface area (Å²) >= 11 is 1.12. The van der Waals surface area contributed by atoms with Crippen molar-refractivity contribution in [2.24, 2.45) is 5.73 Å². The third-order valence-corrected chi connectivity index (χ3v) is 6.11. The smallest absolute Gasteiger partial charge is 0.235 e. The molecule has 0 aliphatic carbocycles. The molecule has 1 aliphatic heterocycles. The lowest BCUT2D eigenvalue weighted by atomic mass is 10.1. The SMILES string of the molecule is [C-]#[N+]c1c(N2CC[C@@H](O)C2)nc(SC(C(N)=O)c2ccccc2)c(C#N)c1CC. The van der Waals surface area contributed by atoms with Crippen molar-refractivity contribution in [2.45, 2.75) is 36.1 Å². The molecule has 1 fully saturated rings. The summed E-state index contributed by atoms with van der Waals surface area (Å²) in [6.07, 6.45) is 0.596. The molecule has 1 aromatic carbocycles. The van der Waals surface area contributed by atoms with Crippen LogP contribution in [0.3, 0.4) is 0 Å². The quantitative estimate of drug-likeness (QED) is 0.563. The fourth-order valence-electron chi connectivity index (χ4n) is 3.43. The summed E-state index contributed by atoms with van der Waals surface area (Å²) in [6.45, 7) is 10.5. The molecule has 148 valence electrons. The number of amides is 1. The highest BCUT2D eigenvalue weighted by atomic mass is 32.2. The lowest BCUT2D eigenvalue weighted by molar-refractivity contribution is -0.117. The van der Waals surface area contributed by atoms with E-state index in [1.165, 1.54) is 0 Å². The predicted octanol–water partition coefficient (Wildman–Crippen LogP) is 2.96. The first-order valence-electron chi connectivity index (χ1n) is 9.28. The van der Waals surface area contributed by atoms with Gasteiger partial charge in [0, 0.05) is 13.1 Å². The van der Waals surface area contributed by atoms with E-state index < -0.39 is 17.3 Å². The minimum atomic E-state index is -0.712. The minimum Gasteiger partial charge on any atom is -0.391 e. The Morgan fingerprint density at radius 1 is 1.52 bits per heavy atom. The third-order valence-electron chi connectivity index (χ3n) is 4.85. The highest BCUT2D eigenvalue weighted by Crippen LogP contribution is 2.43. The number of nitrogens with zero attached hydrogens (tertiary/aromatic N) is 4. The van der Waals surface area contributed by atoms with Crippen LogP contribution >= 0.6 is 11.8 Å². The summed E-state index contributed by atoms with van der Waals surface area (Å²) in [5.41, 5.74) is 7.61. The molecule has 0 saturated carbocycles. The van der Waals surface area contributed by atoms with Crippen LogP contribution in [0.2, 0.25) is 0 Å². The third kappa shape index (κ3) is 4.19. The number of pyridine rings is 1. The first-order chi connectivity index (χ1) is 14.0. The summed E-state index contributed by atoms with van der Waals surface area (Å²) < 4.78 is 0. The van der Waals surface area contributed by atoms with Crippen LogP contribution in [-0.2, 0) is 11.2 Å². The number of aliphatic hydroxyl groups excluding tert-OH is 1. The van der Waals surface area contributed by atoms with Gasteiger partial charge in [0.15, 0.2) is 0 Å². The van der Waals surface area contributed by atoms with Gasteiger partial charge in [-0.1, -0.05) is 49.0 Å². The van der Waals surface area contributed by atoms with Crippen molar-refractivity contribution >= 4 is 29.2 Å². The molecule has 2 atom stereocenters. The Kier molecular flexibility index (Phi) is 6.38. The van der Waals surface area contributed by atoms with Gasteiger partial charge >= 0.3 is 0 Å². The largest absolute Gasteiger partial charge is 0.391 e. The normalized spacial score (nSPS) is 16.8. The van der Waals surface area contributed by atoms with Crippen LogP contribution in [0.5, 0.6) is 0 Å². The Labute approximate surface area is 174 Å². The second-order valence-corrected chi connectivity index (χ2v) is 7.81. The number of aromatic nitrogens is 1. The first-order valence-corrected chi connectivity index (χ1v) is 10.2. The molecular weight excluding hydrogens is 386 g/mol. The minimum absolute atomic E-state index is 0.300. The van der Waals surface area contributed by atoms with Gasteiger partial charge in [0.25, 0.3) is 0 Å². The van der Waals surface area contributed by atoms with Crippen molar-refractivity contribution in [3.05, 3.63) is 58.4 Å². The Bertz CT molecular complexity index is 997. The van der Waals surface area contributed by atoms with Crippen LogP contribution in [0.1, 0.15) is 35.3 Å². The highest BCUT2D eigenvalue weighted by Gasteiger charge is 2.29. The van der Waals surface area contributed by atoms with Crippen LogP contribution in [0.15, 0.2) is 35.4 Å². The molecule has 1 aliphatic rings. The van der Waals surface area contributed by atoms with E-state index in [4.69, 9.17) is 12.3 Å². The average Bonchev–Trinajstić information content (AvgIpc) is 3.17. The average molecular weight is 407 g/mol. The highest BCUT2D eigenvalue weighted by molar-refractivity contribution is 8.00. The van der Waals surface area contributed by atoms with Crippen molar-refractivity contribution in [1.29, 1.82) is 5.26 Å². The van der Waals surface area contributed by atoms with Gasteiger partial charge in [-0.2, -0.15) is 5.26 Å². The van der Waals surface area contributed by atoms with Crippen molar-refractivity contribution in [2.75, 3.05) is 18.0 Å². The Balaban J connectivity index is 2.13. The number of nitriles is 1.